The predicted molar refractivity (Wildman–Crippen MR) is 54.4 cm³/mol. The number of hydrogen-bond acceptors (Lipinski definition) is 1. The molecule has 1 saturated heterocycles. The summed E-state index contributed by atoms with van der Waals surface area (Å²) in [7, 11) is 0. The molecule has 0 spiro atoms. The molecule has 1 heterocycles. The molecule has 0 aliphatic carbocycles. The van der Waals surface area contributed by atoms with Gasteiger partial charge >= 0.3 is 0 Å². The Labute approximate surface area is 77.1 Å². The number of nitrogens with zero attached hydrogens (tertiary/aromatic N) is 1. The van der Waals surface area contributed by atoms with Crippen LogP contribution in [0.15, 0.2) is 0 Å². The highest BCUT2D eigenvalue weighted by atomic mass is 15.2. The molecule has 1 aliphatic heterocycles. The standard InChI is InChI=1S/C11H23N/c1-3-5-8-11(4-2)12-9-6-7-10-12/h11H,3-10H2,1-2H3. The normalized spacial score (nSPS) is 21.5. The van der Waals surface area contributed by atoms with E-state index < -0.39 is 0 Å². The van der Waals surface area contributed by atoms with Crippen molar-refractivity contribution in [3.63, 3.8) is 0 Å². The molecule has 0 saturated carbocycles. The van der Waals surface area contributed by atoms with Gasteiger partial charge in [0, 0.05) is 6.04 Å². The van der Waals surface area contributed by atoms with Crippen LogP contribution in [-0.2, 0) is 0 Å². The SMILES string of the molecule is CCCCC(CC)N1CCCC1. The van der Waals surface area contributed by atoms with Crippen molar-refractivity contribution in [2.24, 2.45) is 0 Å². The van der Waals surface area contributed by atoms with Gasteiger partial charge in [0.05, 0.1) is 0 Å². The molecule has 0 N–H and O–H groups in total. The zero-order valence-corrected chi connectivity index (χ0v) is 8.68. The van der Waals surface area contributed by atoms with Gasteiger partial charge < -0.3 is 4.90 Å². The van der Waals surface area contributed by atoms with Crippen molar-refractivity contribution in [2.45, 2.75) is 58.4 Å². The molecular formula is C11H23N. The Morgan fingerprint density at radius 3 is 2.33 bits per heavy atom. The monoisotopic (exact) mass is 169 g/mol. The molecule has 1 fully saturated rings. The zero-order valence-electron chi connectivity index (χ0n) is 8.68. The van der Waals surface area contributed by atoms with E-state index in [0.717, 1.165) is 6.04 Å². The summed E-state index contributed by atoms with van der Waals surface area (Å²) in [5.74, 6) is 0. The molecule has 0 amide bonds. The Morgan fingerprint density at radius 1 is 1.17 bits per heavy atom. The van der Waals surface area contributed by atoms with Crippen molar-refractivity contribution in [2.75, 3.05) is 13.1 Å². The summed E-state index contributed by atoms with van der Waals surface area (Å²) in [5.41, 5.74) is 0. The summed E-state index contributed by atoms with van der Waals surface area (Å²) in [4.78, 5) is 2.69. The molecule has 1 atom stereocenters. The van der Waals surface area contributed by atoms with Crippen molar-refractivity contribution in [3.8, 4) is 0 Å². The minimum atomic E-state index is 0.896. The lowest BCUT2D eigenvalue weighted by Crippen LogP contribution is -2.31. The van der Waals surface area contributed by atoms with Crippen molar-refractivity contribution in [1.29, 1.82) is 0 Å². The van der Waals surface area contributed by atoms with Gasteiger partial charge in [-0.3, -0.25) is 0 Å². The second-order valence-corrected chi connectivity index (χ2v) is 3.95. The van der Waals surface area contributed by atoms with Gasteiger partial charge in [-0.05, 0) is 38.8 Å². The van der Waals surface area contributed by atoms with Crippen LogP contribution < -0.4 is 0 Å². The van der Waals surface area contributed by atoms with E-state index in [0.29, 0.717) is 0 Å². The average molecular weight is 169 g/mol. The summed E-state index contributed by atoms with van der Waals surface area (Å²) in [6.07, 6.45) is 8.40. The molecule has 0 aromatic rings. The first-order valence-electron chi connectivity index (χ1n) is 5.62. The number of likely N-dealkylation sites (tertiary alicyclic amines) is 1. The lowest BCUT2D eigenvalue weighted by Gasteiger charge is -2.26. The summed E-state index contributed by atoms with van der Waals surface area (Å²) in [6.45, 7) is 7.35. The van der Waals surface area contributed by atoms with Crippen molar-refractivity contribution < 1.29 is 0 Å². The van der Waals surface area contributed by atoms with Crippen LogP contribution in [-0.4, -0.2) is 24.0 Å². The van der Waals surface area contributed by atoms with Crippen molar-refractivity contribution >= 4 is 0 Å². The maximum atomic E-state index is 2.69. The van der Waals surface area contributed by atoms with Gasteiger partial charge in [0.15, 0.2) is 0 Å². The Balaban J connectivity index is 2.22. The molecular weight excluding hydrogens is 146 g/mol. The first-order valence-corrected chi connectivity index (χ1v) is 5.62. The Hall–Kier alpha value is -0.0400. The lowest BCUT2D eigenvalue weighted by atomic mass is 10.1. The smallest absolute Gasteiger partial charge is 0.00926 e. The Bertz CT molecular complexity index is 106. The number of unbranched alkanes of at least 4 members (excludes halogenated alkanes) is 1. The van der Waals surface area contributed by atoms with E-state index in [2.05, 4.69) is 18.7 Å². The highest BCUT2D eigenvalue weighted by Crippen LogP contribution is 2.18. The molecule has 0 radical (unpaired) electrons. The van der Waals surface area contributed by atoms with Gasteiger partial charge in [-0.25, -0.2) is 0 Å². The second-order valence-electron chi connectivity index (χ2n) is 3.95. The summed E-state index contributed by atoms with van der Waals surface area (Å²) >= 11 is 0. The van der Waals surface area contributed by atoms with Gasteiger partial charge in [0.2, 0.25) is 0 Å². The van der Waals surface area contributed by atoms with Crippen LogP contribution >= 0.6 is 0 Å². The van der Waals surface area contributed by atoms with Crippen LogP contribution in [0.2, 0.25) is 0 Å². The molecule has 1 nitrogen and oxygen atoms in total. The molecule has 72 valence electrons. The molecule has 0 bridgehead atoms. The number of rotatable bonds is 5. The molecule has 1 rings (SSSR count). The lowest BCUT2D eigenvalue weighted by molar-refractivity contribution is 0.221. The molecule has 0 aromatic carbocycles. The maximum Gasteiger partial charge on any atom is 0.00926 e. The van der Waals surface area contributed by atoms with E-state index >= 15 is 0 Å². The van der Waals surface area contributed by atoms with Gasteiger partial charge in [0.1, 0.15) is 0 Å². The Morgan fingerprint density at radius 2 is 1.83 bits per heavy atom. The largest absolute Gasteiger partial charge is 0.300 e. The molecule has 0 aromatic heterocycles. The topological polar surface area (TPSA) is 3.24 Å². The second kappa shape index (κ2) is 5.58. The third-order valence-corrected chi connectivity index (χ3v) is 3.02. The van der Waals surface area contributed by atoms with E-state index in [4.69, 9.17) is 0 Å². The average Bonchev–Trinajstić information content (AvgIpc) is 2.59. The van der Waals surface area contributed by atoms with Gasteiger partial charge in [-0.1, -0.05) is 26.7 Å². The number of hydrogen-bond donors (Lipinski definition) is 0. The van der Waals surface area contributed by atoms with Crippen LogP contribution in [0.3, 0.4) is 0 Å². The minimum Gasteiger partial charge on any atom is -0.300 e. The minimum absolute atomic E-state index is 0.896. The fraction of sp³-hybridized carbons (Fsp3) is 1.00. The van der Waals surface area contributed by atoms with E-state index in [1.165, 1.54) is 51.6 Å². The molecule has 1 aliphatic rings. The van der Waals surface area contributed by atoms with Crippen LogP contribution in [0.25, 0.3) is 0 Å². The van der Waals surface area contributed by atoms with E-state index in [-0.39, 0.29) is 0 Å². The quantitative estimate of drug-likeness (QED) is 0.611. The first-order chi connectivity index (χ1) is 5.88. The summed E-state index contributed by atoms with van der Waals surface area (Å²) < 4.78 is 0. The van der Waals surface area contributed by atoms with Gasteiger partial charge in [-0.15, -0.1) is 0 Å². The van der Waals surface area contributed by atoms with Crippen LogP contribution in [0.4, 0.5) is 0 Å². The third-order valence-electron chi connectivity index (χ3n) is 3.02. The highest BCUT2D eigenvalue weighted by Gasteiger charge is 2.19. The summed E-state index contributed by atoms with van der Waals surface area (Å²) in [6, 6.07) is 0.896. The van der Waals surface area contributed by atoms with Crippen molar-refractivity contribution in [1.82, 2.24) is 4.90 Å². The van der Waals surface area contributed by atoms with Crippen LogP contribution in [0.5, 0.6) is 0 Å². The van der Waals surface area contributed by atoms with Crippen molar-refractivity contribution in [3.05, 3.63) is 0 Å². The first kappa shape index (κ1) is 10.0. The predicted octanol–water partition coefficient (Wildman–Crippen LogP) is 3.05. The molecule has 1 heteroatoms. The van der Waals surface area contributed by atoms with E-state index in [9.17, 15) is 0 Å². The van der Waals surface area contributed by atoms with Crippen LogP contribution in [0, 0.1) is 0 Å². The Kier molecular flexibility index (Phi) is 4.67. The molecule has 12 heavy (non-hydrogen) atoms. The highest BCUT2D eigenvalue weighted by molar-refractivity contribution is 4.74. The van der Waals surface area contributed by atoms with E-state index in [1.54, 1.807) is 0 Å². The van der Waals surface area contributed by atoms with Gasteiger partial charge in [-0.2, -0.15) is 0 Å². The molecule has 1 unspecified atom stereocenters. The van der Waals surface area contributed by atoms with Crippen LogP contribution in [0.1, 0.15) is 52.4 Å². The summed E-state index contributed by atoms with van der Waals surface area (Å²) in [5, 5.41) is 0. The fourth-order valence-corrected chi connectivity index (χ4v) is 2.19. The zero-order chi connectivity index (χ0) is 8.81. The fourth-order valence-electron chi connectivity index (χ4n) is 2.19. The van der Waals surface area contributed by atoms with Gasteiger partial charge in [0.25, 0.3) is 0 Å². The third kappa shape index (κ3) is 2.78. The maximum absolute atomic E-state index is 2.69. The van der Waals surface area contributed by atoms with E-state index in [1.807, 2.05) is 0 Å².